The largest absolute Gasteiger partial charge is 0.396 e. The van der Waals surface area contributed by atoms with Crippen molar-refractivity contribution in [3.8, 4) is 0 Å². The number of aliphatic hydroxyl groups is 1. The summed E-state index contributed by atoms with van der Waals surface area (Å²) in [6, 6.07) is 8.81. The van der Waals surface area contributed by atoms with Crippen molar-refractivity contribution in [3.63, 3.8) is 0 Å². The summed E-state index contributed by atoms with van der Waals surface area (Å²) < 4.78 is 0. The fraction of sp³-hybridized carbons (Fsp3) is 0.650. The molecule has 4 rings (SSSR count). The molecule has 2 saturated carbocycles. The quantitative estimate of drug-likeness (QED) is 0.901. The van der Waals surface area contributed by atoms with Gasteiger partial charge >= 0.3 is 0 Å². The van der Waals surface area contributed by atoms with Gasteiger partial charge in [-0.3, -0.25) is 4.79 Å². The van der Waals surface area contributed by atoms with Crippen molar-refractivity contribution < 1.29 is 9.90 Å². The molecule has 1 amide bonds. The van der Waals surface area contributed by atoms with Crippen LogP contribution in [-0.2, 0) is 16.6 Å². The number of hydrogen-bond donors (Lipinski definition) is 2. The molecule has 2 fully saturated rings. The minimum atomic E-state index is -0.137. The van der Waals surface area contributed by atoms with Gasteiger partial charge in [0.1, 0.15) is 0 Å². The molecule has 23 heavy (non-hydrogen) atoms. The van der Waals surface area contributed by atoms with Crippen LogP contribution in [0, 0.1) is 11.3 Å². The molecule has 1 aromatic carbocycles. The summed E-state index contributed by atoms with van der Waals surface area (Å²) in [5, 5.41) is 13.0. The van der Waals surface area contributed by atoms with Gasteiger partial charge in [-0.2, -0.15) is 0 Å². The lowest BCUT2D eigenvalue weighted by molar-refractivity contribution is -0.124. The predicted octanol–water partition coefficient (Wildman–Crippen LogP) is 2.95. The molecule has 3 aliphatic carbocycles. The summed E-state index contributed by atoms with van der Waals surface area (Å²) in [6.07, 6.45) is 7.59. The Bertz CT molecular complexity index is 628. The highest BCUT2D eigenvalue weighted by atomic mass is 16.3. The third-order valence-electron chi connectivity index (χ3n) is 6.77. The van der Waals surface area contributed by atoms with E-state index in [1.807, 2.05) is 0 Å². The first-order chi connectivity index (χ1) is 11.1. The van der Waals surface area contributed by atoms with E-state index in [2.05, 4.69) is 36.5 Å². The standard InChI is InChI=1S/C20H27NO2/c1-19(13-22)10-5-9-17(19)21-18(23)16-12-20(16)11-4-7-14-6-2-3-8-15(14)20/h2-3,6,8,16-17,22H,4-5,7,9-13H2,1H3,(H,21,23). The first kappa shape index (κ1) is 15.2. The monoisotopic (exact) mass is 313 g/mol. The van der Waals surface area contributed by atoms with Crippen molar-refractivity contribution in [2.24, 2.45) is 11.3 Å². The van der Waals surface area contributed by atoms with E-state index in [4.69, 9.17) is 0 Å². The van der Waals surface area contributed by atoms with Gasteiger partial charge in [0.2, 0.25) is 5.91 Å². The zero-order chi connectivity index (χ0) is 16.1. The summed E-state index contributed by atoms with van der Waals surface area (Å²) in [6.45, 7) is 2.26. The van der Waals surface area contributed by atoms with E-state index in [-0.39, 0.29) is 35.3 Å². The van der Waals surface area contributed by atoms with Crippen LogP contribution in [0.2, 0.25) is 0 Å². The van der Waals surface area contributed by atoms with E-state index in [0.717, 1.165) is 38.5 Å². The Labute approximate surface area is 138 Å². The molecule has 2 N–H and O–H groups in total. The van der Waals surface area contributed by atoms with Gasteiger partial charge in [0.05, 0.1) is 6.61 Å². The summed E-state index contributed by atoms with van der Waals surface area (Å²) >= 11 is 0. The van der Waals surface area contributed by atoms with Crippen LogP contribution in [0.15, 0.2) is 24.3 Å². The highest BCUT2D eigenvalue weighted by Crippen LogP contribution is 2.60. The molecule has 3 heteroatoms. The third kappa shape index (κ3) is 2.32. The molecular weight excluding hydrogens is 286 g/mol. The van der Waals surface area contributed by atoms with Gasteiger partial charge in [0.25, 0.3) is 0 Å². The third-order valence-corrected chi connectivity index (χ3v) is 6.77. The van der Waals surface area contributed by atoms with Crippen molar-refractivity contribution >= 4 is 5.91 Å². The van der Waals surface area contributed by atoms with Crippen LogP contribution in [0.4, 0.5) is 0 Å². The molecule has 4 atom stereocenters. The summed E-state index contributed by atoms with van der Waals surface area (Å²) in [4.78, 5) is 12.9. The van der Waals surface area contributed by atoms with Gasteiger partial charge < -0.3 is 10.4 Å². The first-order valence-electron chi connectivity index (χ1n) is 9.09. The van der Waals surface area contributed by atoms with E-state index in [1.54, 1.807) is 0 Å². The smallest absolute Gasteiger partial charge is 0.224 e. The topological polar surface area (TPSA) is 49.3 Å². The maximum atomic E-state index is 12.9. The highest BCUT2D eigenvalue weighted by Gasteiger charge is 2.60. The van der Waals surface area contributed by atoms with Gasteiger partial charge in [0, 0.05) is 22.8 Å². The number of rotatable bonds is 3. The van der Waals surface area contributed by atoms with Crippen LogP contribution in [0.5, 0.6) is 0 Å². The number of carbonyl (C=O) groups is 1. The zero-order valence-corrected chi connectivity index (χ0v) is 14.0. The SMILES string of the molecule is CC1(CO)CCCC1NC(=O)C1CC12CCCc1ccccc12. The summed E-state index contributed by atoms with van der Waals surface area (Å²) in [7, 11) is 0. The van der Waals surface area contributed by atoms with E-state index >= 15 is 0 Å². The molecule has 4 unspecified atom stereocenters. The fourth-order valence-corrected chi connectivity index (χ4v) is 5.12. The van der Waals surface area contributed by atoms with Gasteiger partial charge in [-0.05, 0) is 49.7 Å². The van der Waals surface area contributed by atoms with Crippen molar-refractivity contribution in [3.05, 3.63) is 35.4 Å². The van der Waals surface area contributed by atoms with Crippen LogP contribution in [0.3, 0.4) is 0 Å². The number of aryl methyl sites for hydroxylation is 1. The van der Waals surface area contributed by atoms with Crippen LogP contribution in [-0.4, -0.2) is 23.7 Å². The minimum Gasteiger partial charge on any atom is -0.396 e. The van der Waals surface area contributed by atoms with Crippen molar-refractivity contribution in [1.29, 1.82) is 0 Å². The molecule has 0 saturated heterocycles. The average molecular weight is 313 g/mol. The molecule has 0 aromatic heterocycles. The number of benzene rings is 1. The van der Waals surface area contributed by atoms with E-state index in [1.165, 1.54) is 17.5 Å². The van der Waals surface area contributed by atoms with Crippen molar-refractivity contribution in [2.75, 3.05) is 6.61 Å². The second-order valence-corrected chi connectivity index (χ2v) is 8.19. The Kier molecular flexibility index (Phi) is 3.53. The Morgan fingerprint density at radius 2 is 2.13 bits per heavy atom. The van der Waals surface area contributed by atoms with E-state index in [0.29, 0.717) is 0 Å². The lowest BCUT2D eigenvalue weighted by atomic mass is 9.78. The maximum Gasteiger partial charge on any atom is 0.224 e. The fourth-order valence-electron chi connectivity index (χ4n) is 5.12. The predicted molar refractivity (Wildman–Crippen MR) is 90.1 cm³/mol. The summed E-state index contributed by atoms with van der Waals surface area (Å²) in [5.41, 5.74) is 2.83. The highest BCUT2D eigenvalue weighted by molar-refractivity contribution is 5.85. The maximum absolute atomic E-state index is 12.9. The zero-order valence-electron chi connectivity index (χ0n) is 14.0. The summed E-state index contributed by atoms with van der Waals surface area (Å²) in [5.74, 6) is 0.348. The minimum absolute atomic E-state index is 0.104. The van der Waals surface area contributed by atoms with Crippen molar-refractivity contribution in [1.82, 2.24) is 5.32 Å². The molecule has 1 spiro atoms. The van der Waals surface area contributed by atoms with Gasteiger partial charge in [-0.25, -0.2) is 0 Å². The lowest BCUT2D eigenvalue weighted by Crippen LogP contribution is -2.46. The molecular formula is C20H27NO2. The number of aliphatic hydroxyl groups excluding tert-OH is 1. The van der Waals surface area contributed by atoms with Gasteiger partial charge in [-0.15, -0.1) is 0 Å². The second-order valence-electron chi connectivity index (χ2n) is 8.19. The number of hydrogen-bond acceptors (Lipinski definition) is 2. The average Bonchev–Trinajstić information content (AvgIpc) is 3.17. The number of amides is 1. The molecule has 0 heterocycles. The van der Waals surface area contributed by atoms with E-state index < -0.39 is 0 Å². The normalized spacial score (nSPS) is 38.3. The van der Waals surface area contributed by atoms with Crippen LogP contribution >= 0.6 is 0 Å². The van der Waals surface area contributed by atoms with E-state index in [9.17, 15) is 9.90 Å². The number of nitrogens with one attached hydrogen (secondary N) is 1. The molecule has 1 aromatic rings. The molecule has 0 radical (unpaired) electrons. The van der Waals surface area contributed by atoms with Crippen molar-refractivity contribution in [2.45, 2.75) is 63.3 Å². The van der Waals surface area contributed by atoms with Crippen LogP contribution < -0.4 is 5.32 Å². The van der Waals surface area contributed by atoms with Gasteiger partial charge in [-0.1, -0.05) is 37.6 Å². The Balaban J connectivity index is 1.50. The molecule has 3 nitrogen and oxygen atoms in total. The Morgan fingerprint density at radius 3 is 2.96 bits per heavy atom. The number of carbonyl (C=O) groups excluding carboxylic acids is 1. The molecule has 0 aliphatic heterocycles. The number of fused-ring (bicyclic) bond motifs is 2. The van der Waals surface area contributed by atoms with Crippen LogP contribution in [0.1, 0.15) is 56.6 Å². The van der Waals surface area contributed by atoms with Gasteiger partial charge in [0.15, 0.2) is 0 Å². The Hall–Kier alpha value is -1.35. The first-order valence-corrected chi connectivity index (χ1v) is 9.09. The lowest BCUT2D eigenvalue weighted by Gasteiger charge is -2.31. The Morgan fingerprint density at radius 1 is 1.30 bits per heavy atom. The molecule has 3 aliphatic rings. The molecule has 0 bridgehead atoms. The second kappa shape index (κ2) is 5.34. The molecule has 124 valence electrons. The van der Waals surface area contributed by atoms with Crippen LogP contribution in [0.25, 0.3) is 0 Å².